The van der Waals surface area contributed by atoms with Crippen molar-refractivity contribution in [2.45, 2.75) is 13.8 Å². The highest BCUT2D eigenvalue weighted by atomic mass is 19.1. The molecule has 138 valence electrons. The molecule has 2 heterocycles. The van der Waals surface area contributed by atoms with Gasteiger partial charge in [-0.3, -0.25) is 14.9 Å². The van der Waals surface area contributed by atoms with Crippen molar-refractivity contribution < 1.29 is 18.4 Å². The number of rotatable bonds is 1. The lowest BCUT2D eigenvalue weighted by Crippen LogP contribution is -2.20. The van der Waals surface area contributed by atoms with Crippen molar-refractivity contribution >= 4 is 33.6 Å². The Kier molecular flexibility index (Phi) is 3.25. The molecule has 0 aliphatic carbocycles. The smallest absolute Gasteiger partial charge is 0.259 e. The fraction of sp³-hybridized carbons (Fsp3) is 0.0909. The highest BCUT2D eigenvalue weighted by Crippen LogP contribution is 2.42. The number of benzene rings is 3. The van der Waals surface area contributed by atoms with Crippen LogP contribution in [-0.4, -0.2) is 16.8 Å². The molecule has 0 bridgehead atoms. The molecule has 1 aliphatic heterocycles. The average Bonchev–Trinajstić information content (AvgIpc) is 3.15. The number of hydrogen-bond acceptors (Lipinski definition) is 2. The van der Waals surface area contributed by atoms with Crippen LogP contribution in [0.4, 0.5) is 8.78 Å². The van der Waals surface area contributed by atoms with Gasteiger partial charge >= 0.3 is 0 Å². The molecule has 2 N–H and O–H groups in total. The Balaban J connectivity index is 2.04. The summed E-state index contributed by atoms with van der Waals surface area (Å²) in [6.07, 6.45) is 0. The van der Waals surface area contributed by atoms with E-state index in [4.69, 9.17) is 0 Å². The lowest BCUT2D eigenvalue weighted by atomic mass is 9.87. The van der Waals surface area contributed by atoms with Crippen LogP contribution in [0.15, 0.2) is 36.4 Å². The van der Waals surface area contributed by atoms with E-state index in [0.717, 1.165) is 5.56 Å². The van der Waals surface area contributed by atoms with Gasteiger partial charge in [-0.1, -0.05) is 6.07 Å². The molecule has 0 fully saturated rings. The first kappa shape index (κ1) is 16.6. The van der Waals surface area contributed by atoms with Gasteiger partial charge < -0.3 is 4.98 Å². The molecule has 4 nitrogen and oxygen atoms in total. The Morgan fingerprint density at radius 2 is 1.50 bits per heavy atom. The summed E-state index contributed by atoms with van der Waals surface area (Å²) in [4.78, 5) is 28.6. The number of H-pyrrole nitrogens is 1. The minimum Gasteiger partial charge on any atom is -0.354 e. The van der Waals surface area contributed by atoms with Crippen molar-refractivity contribution in [3.63, 3.8) is 0 Å². The van der Waals surface area contributed by atoms with E-state index in [0.29, 0.717) is 38.5 Å². The molecule has 0 saturated heterocycles. The predicted octanol–water partition coefficient (Wildman–Crippen LogP) is 4.77. The number of amides is 2. The molecule has 6 heteroatoms. The standard InChI is InChI=1S/C22H14F2N2O2/c1-9-3-4-11(23)7-13(9)16-10(2)20-17(19-18(16)21(27)26-22(19)28)14-8-12(24)5-6-15(14)25-20/h3-8,25H,1-2H3,(H,26,27,28). The summed E-state index contributed by atoms with van der Waals surface area (Å²) in [5, 5.41) is 3.37. The number of hydrogen-bond donors (Lipinski definition) is 2. The van der Waals surface area contributed by atoms with E-state index in [1.165, 1.54) is 24.3 Å². The SMILES string of the molecule is Cc1ccc(F)cc1-c1c2c(c3c([nH]c4ccc(F)cc43)c1C)C(=O)NC2=O. The van der Waals surface area contributed by atoms with Gasteiger partial charge in [0.05, 0.1) is 16.6 Å². The van der Waals surface area contributed by atoms with Gasteiger partial charge in [-0.25, -0.2) is 8.78 Å². The second kappa shape index (κ2) is 5.48. The Hall–Kier alpha value is -3.54. The molecule has 0 saturated carbocycles. The lowest BCUT2D eigenvalue weighted by Gasteiger charge is -2.15. The fourth-order valence-electron chi connectivity index (χ4n) is 4.15. The maximum Gasteiger partial charge on any atom is 0.259 e. The Bertz CT molecular complexity index is 1370. The van der Waals surface area contributed by atoms with Crippen molar-refractivity contribution in [1.29, 1.82) is 0 Å². The van der Waals surface area contributed by atoms with Crippen molar-refractivity contribution in [2.24, 2.45) is 0 Å². The second-order valence-corrected chi connectivity index (χ2v) is 7.06. The molecule has 4 aromatic rings. The van der Waals surface area contributed by atoms with E-state index in [2.05, 4.69) is 10.3 Å². The summed E-state index contributed by atoms with van der Waals surface area (Å²) in [6, 6.07) is 8.62. The van der Waals surface area contributed by atoms with Crippen LogP contribution >= 0.6 is 0 Å². The highest BCUT2D eigenvalue weighted by molar-refractivity contribution is 6.33. The zero-order valence-electron chi connectivity index (χ0n) is 15.0. The minimum absolute atomic E-state index is 0.195. The highest BCUT2D eigenvalue weighted by Gasteiger charge is 2.35. The van der Waals surface area contributed by atoms with Gasteiger partial charge in [0.2, 0.25) is 0 Å². The van der Waals surface area contributed by atoms with Gasteiger partial charge in [-0.2, -0.15) is 0 Å². The number of carbonyl (C=O) groups excluding carboxylic acids is 2. The van der Waals surface area contributed by atoms with E-state index in [9.17, 15) is 18.4 Å². The number of halogens is 2. The molecule has 0 unspecified atom stereocenters. The average molecular weight is 376 g/mol. The molecule has 0 spiro atoms. The molecule has 1 aromatic heterocycles. The molecular formula is C22H14F2N2O2. The predicted molar refractivity (Wildman–Crippen MR) is 102 cm³/mol. The third-order valence-electron chi connectivity index (χ3n) is 5.41. The van der Waals surface area contributed by atoms with E-state index >= 15 is 0 Å². The number of aromatic amines is 1. The Labute approximate surface area is 158 Å². The first-order valence-corrected chi connectivity index (χ1v) is 8.76. The molecule has 0 radical (unpaired) electrons. The third-order valence-corrected chi connectivity index (χ3v) is 5.41. The number of nitrogens with one attached hydrogen (secondary N) is 2. The maximum atomic E-state index is 14.0. The van der Waals surface area contributed by atoms with Crippen molar-refractivity contribution in [1.82, 2.24) is 10.3 Å². The first-order valence-electron chi connectivity index (χ1n) is 8.76. The normalized spacial score (nSPS) is 13.4. The van der Waals surface area contributed by atoms with E-state index < -0.39 is 23.4 Å². The van der Waals surface area contributed by atoms with Crippen LogP contribution < -0.4 is 5.32 Å². The first-order chi connectivity index (χ1) is 13.4. The zero-order chi connectivity index (χ0) is 19.7. The largest absolute Gasteiger partial charge is 0.354 e. The summed E-state index contributed by atoms with van der Waals surface area (Å²) < 4.78 is 27.9. The van der Waals surface area contributed by atoms with Crippen LogP contribution in [0, 0.1) is 25.5 Å². The molecule has 1 aliphatic rings. The molecule has 28 heavy (non-hydrogen) atoms. The van der Waals surface area contributed by atoms with Crippen molar-refractivity contribution in [3.8, 4) is 11.1 Å². The van der Waals surface area contributed by atoms with Crippen molar-refractivity contribution in [3.05, 3.63) is 70.3 Å². The fourth-order valence-corrected chi connectivity index (χ4v) is 4.15. The van der Waals surface area contributed by atoms with E-state index in [-0.39, 0.29) is 11.1 Å². The maximum absolute atomic E-state index is 14.0. The summed E-state index contributed by atoms with van der Waals surface area (Å²) >= 11 is 0. The van der Waals surface area contributed by atoms with E-state index in [1.54, 1.807) is 12.1 Å². The summed E-state index contributed by atoms with van der Waals surface area (Å²) in [5.74, 6) is -1.94. The van der Waals surface area contributed by atoms with Gasteiger partial charge in [0.1, 0.15) is 11.6 Å². The van der Waals surface area contributed by atoms with Crippen LogP contribution in [0.5, 0.6) is 0 Å². The molecule has 3 aromatic carbocycles. The summed E-state index contributed by atoms with van der Waals surface area (Å²) in [5.41, 5.74) is 4.21. The van der Waals surface area contributed by atoms with Crippen LogP contribution in [-0.2, 0) is 0 Å². The van der Waals surface area contributed by atoms with Crippen LogP contribution in [0.25, 0.3) is 32.9 Å². The zero-order valence-corrected chi connectivity index (χ0v) is 15.0. The molecule has 5 rings (SSSR count). The Morgan fingerprint density at radius 1 is 0.821 bits per heavy atom. The molecular weight excluding hydrogens is 362 g/mol. The third kappa shape index (κ3) is 2.08. The number of aromatic nitrogens is 1. The molecule has 0 atom stereocenters. The van der Waals surface area contributed by atoms with Gasteiger partial charge in [0, 0.05) is 21.9 Å². The Morgan fingerprint density at radius 3 is 2.29 bits per heavy atom. The van der Waals surface area contributed by atoms with Gasteiger partial charge in [0.25, 0.3) is 11.8 Å². The van der Waals surface area contributed by atoms with Gasteiger partial charge in [0.15, 0.2) is 0 Å². The van der Waals surface area contributed by atoms with Crippen LogP contribution in [0.1, 0.15) is 31.8 Å². The number of carbonyl (C=O) groups is 2. The summed E-state index contributed by atoms with van der Waals surface area (Å²) in [6.45, 7) is 3.63. The van der Waals surface area contributed by atoms with Crippen LogP contribution in [0.3, 0.4) is 0 Å². The lowest BCUT2D eigenvalue weighted by molar-refractivity contribution is 0.0880. The quantitative estimate of drug-likeness (QED) is 0.470. The number of fused-ring (bicyclic) bond motifs is 5. The second-order valence-electron chi connectivity index (χ2n) is 7.06. The van der Waals surface area contributed by atoms with Crippen LogP contribution in [0.2, 0.25) is 0 Å². The van der Waals surface area contributed by atoms with Gasteiger partial charge in [-0.05, 0) is 60.9 Å². The topological polar surface area (TPSA) is 62.0 Å². The van der Waals surface area contributed by atoms with Crippen molar-refractivity contribution in [2.75, 3.05) is 0 Å². The van der Waals surface area contributed by atoms with E-state index in [1.807, 2.05) is 13.8 Å². The summed E-state index contributed by atoms with van der Waals surface area (Å²) in [7, 11) is 0. The number of imide groups is 1. The molecule has 2 amide bonds. The minimum atomic E-state index is -0.537. The number of aryl methyl sites for hydroxylation is 2. The monoisotopic (exact) mass is 376 g/mol. The van der Waals surface area contributed by atoms with Gasteiger partial charge in [-0.15, -0.1) is 0 Å².